The zero-order valence-electron chi connectivity index (χ0n) is 38.9. The highest BCUT2D eigenvalue weighted by Gasteiger charge is 2.17. The van der Waals surface area contributed by atoms with Gasteiger partial charge in [-0.3, -0.25) is 0 Å². The zero-order valence-corrected chi connectivity index (χ0v) is 23.9. The first-order valence-corrected chi connectivity index (χ1v) is 14.5. The van der Waals surface area contributed by atoms with Gasteiger partial charge in [0.2, 0.25) is 0 Å². The van der Waals surface area contributed by atoms with Gasteiger partial charge >= 0.3 is 0 Å². The lowest BCUT2D eigenvalue weighted by atomic mass is 9.97. The summed E-state index contributed by atoms with van der Waals surface area (Å²) in [5.74, 6) is 0. The highest BCUT2D eigenvalue weighted by atomic mass is 16.3. The van der Waals surface area contributed by atoms with Crippen molar-refractivity contribution in [3.8, 4) is 22.3 Å². The molecule has 0 spiro atoms. The van der Waals surface area contributed by atoms with E-state index < -0.39 is 124 Å². The molecule has 8 aromatic carbocycles. The maximum atomic E-state index is 9.49. The first-order chi connectivity index (χ1) is 29.1. The highest BCUT2D eigenvalue weighted by molar-refractivity contribution is 6.07. The number of furan rings is 1. The molecule has 0 bridgehead atoms. The van der Waals surface area contributed by atoms with Crippen LogP contribution in [0.3, 0.4) is 0 Å². The molecule has 216 valence electrons. The van der Waals surface area contributed by atoms with E-state index in [2.05, 4.69) is 0 Å². The number of hydrogen-bond acceptors (Lipinski definition) is 2. The molecule has 0 radical (unpaired) electrons. The lowest BCUT2D eigenvalue weighted by Crippen LogP contribution is -2.10. The number of hydrogen-bond donors (Lipinski definition) is 0. The summed E-state index contributed by atoms with van der Waals surface area (Å²) in [6, 6.07) is 15.3. The molecule has 0 aliphatic rings. The van der Waals surface area contributed by atoms with Crippen molar-refractivity contribution in [2.75, 3.05) is 4.90 Å². The van der Waals surface area contributed by atoms with E-state index in [0.29, 0.717) is 22.5 Å². The fraction of sp³-hybridized carbons (Fsp3) is 0. The van der Waals surface area contributed by atoms with Crippen LogP contribution in [0, 0.1) is 0 Å². The molecule has 0 saturated carbocycles. The van der Waals surface area contributed by atoms with Crippen molar-refractivity contribution in [1.82, 2.24) is 0 Å². The van der Waals surface area contributed by atoms with E-state index in [1.54, 1.807) is 23.1 Å². The maximum absolute atomic E-state index is 9.49. The van der Waals surface area contributed by atoms with Crippen LogP contribution in [0.5, 0.6) is 0 Å². The van der Waals surface area contributed by atoms with E-state index in [-0.39, 0.29) is 5.69 Å². The molecule has 0 saturated heterocycles. The quantitative estimate of drug-likeness (QED) is 0.195. The molecule has 1 aromatic heterocycles. The van der Waals surface area contributed by atoms with E-state index in [1.165, 1.54) is 0 Å². The summed E-state index contributed by atoms with van der Waals surface area (Å²) in [6.45, 7) is 0. The Morgan fingerprint density at radius 2 is 1.07 bits per heavy atom. The van der Waals surface area contributed by atoms with Crippen molar-refractivity contribution in [2.24, 2.45) is 0 Å². The second kappa shape index (κ2) is 10.8. The van der Waals surface area contributed by atoms with Crippen molar-refractivity contribution in [1.29, 1.82) is 0 Å². The van der Waals surface area contributed by atoms with Crippen LogP contribution in [0.1, 0.15) is 20.6 Å². The fourth-order valence-electron chi connectivity index (χ4n) is 5.69. The molecule has 2 heteroatoms. The average Bonchev–Trinajstić information content (AvgIpc) is 3.63. The Morgan fingerprint density at radius 3 is 1.85 bits per heavy atom. The lowest BCUT2D eigenvalue weighted by Gasteiger charge is -2.27. The van der Waals surface area contributed by atoms with Gasteiger partial charge in [0.1, 0.15) is 11.2 Å². The van der Waals surface area contributed by atoms with Gasteiger partial charge in [0.25, 0.3) is 0 Å². The summed E-state index contributed by atoms with van der Waals surface area (Å²) in [5.41, 5.74) is -0.205. The van der Waals surface area contributed by atoms with Crippen molar-refractivity contribution in [3.63, 3.8) is 0 Å². The second-order valence-electron chi connectivity index (χ2n) is 10.6. The summed E-state index contributed by atoms with van der Waals surface area (Å²) in [6.07, 6.45) is 0. The average molecular weight is 603 g/mol. The molecule has 0 aliphatic heterocycles. The topological polar surface area (TPSA) is 16.4 Å². The molecule has 1 heterocycles. The van der Waals surface area contributed by atoms with E-state index in [1.807, 2.05) is 66.7 Å². The van der Waals surface area contributed by atoms with Crippen molar-refractivity contribution in [3.05, 3.63) is 176 Å². The zero-order chi connectivity index (χ0) is 43.5. The van der Waals surface area contributed by atoms with Crippen LogP contribution in [0.2, 0.25) is 0 Å². The third-order valence-corrected chi connectivity index (χ3v) is 7.84. The molecular formula is C44H29NO. The van der Waals surface area contributed by atoms with Crippen LogP contribution in [-0.4, -0.2) is 0 Å². The van der Waals surface area contributed by atoms with Gasteiger partial charge in [-0.25, -0.2) is 0 Å². The Hall–Kier alpha value is -6.12. The monoisotopic (exact) mass is 602 g/mol. The van der Waals surface area contributed by atoms with Crippen LogP contribution in [0.25, 0.3) is 65.7 Å². The minimum atomic E-state index is -0.783. The summed E-state index contributed by atoms with van der Waals surface area (Å²) >= 11 is 0. The van der Waals surface area contributed by atoms with Crippen molar-refractivity contribution in [2.45, 2.75) is 0 Å². The van der Waals surface area contributed by atoms with Crippen molar-refractivity contribution >= 4 is 60.5 Å². The Kier molecular flexibility index (Phi) is 3.58. The third kappa shape index (κ3) is 4.51. The molecule has 0 fully saturated rings. The molecule has 0 unspecified atom stereocenters. The van der Waals surface area contributed by atoms with E-state index in [0.717, 1.165) is 21.5 Å². The van der Waals surface area contributed by atoms with Crippen molar-refractivity contribution < 1.29 is 25.0 Å². The molecule has 0 N–H and O–H groups in total. The van der Waals surface area contributed by atoms with Gasteiger partial charge in [0.05, 0.1) is 26.2 Å². The van der Waals surface area contributed by atoms with Gasteiger partial charge in [-0.1, -0.05) is 121 Å². The van der Waals surface area contributed by atoms with Crippen LogP contribution in [0.15, 0.2) is 180 Å². The molecule has 9 aromatic rings. The third-order valence-electron chi connectivity index (χ3n) is 7.84. The second-order valence-corrected chi connectivity index (χ2v) is 10.6. The van der Waals surface area contributed by atoms with Crippen LogP contribution in [0.4, 0.5) is 17.1 Å². The van der Waals surface area contributed by atoms with Gasteiger partial charge < -0.3 is 9.32 Å². The standard InChI is InChI=1S/C44H29NO/c1-2-9-30(10-3-1)33-17-19-36-28-34(18-20-35(36)27-33)31-21-23-37(24-22-31)45(42-15-8-12-32-11-4-5-13-39(32)42)38-25-26-41-40-14-6-7-16-43(40)46-44(41)29-38/h1-29H/i1D,2D,3D,9D,10D,17D,18D,19D,20D,21D,22D,23D,24D,27D,28D. The number of para-hydroxylation sites is 1. The smallest absolute Gasteiger partial charge is 0.137 e. The number of nitrogens with zero attached hydrogens (tertiary/aromatic N) is 1. The van der Waals surface area contributed by atoms with E-state index in [4.69, 9.17) is 18.1 Å². The van der Waals surface area contributed by atoms with Crippen LogP contribution in [-0.2, 0) is 0 Å². The SMILES string of the molecule is [2H]c1c([2H])c([2H])c(-c2c([2H])c([2H])c3c([2H])c(-c4c([2H])c([2H])c(N(c5ccc6c(c5)oc5ccccc56)c5cccc6ccccc56)c([2H])c4[2H])c([2H])c([2H])c3c2[2H])c([2H])c1[2H]. The van der Waals surface area contributed by atoms with Gasteiger partial charge in [-0.2, -0.15) is 0 Å². The molecule has 9 rings (SSSR count). The summed E-state index contributed by atoms with van der Waals surface area (Å²) in [5, 5.41) is 2.29. The Bertz CT molecular complexity index is 3340. The van der Waals surface area contributed by atoms with Crippen LogP contribution < -0.4 is 4.90 Å². The fourth-order valence-corrected chi connectivity index (χ4v) is 5.69. The summed E-state index contributed by atoms with van der Waals surface area (Å²) < 4.78 is 140. The van der Waals surface area contributed by atoms with Gasteiger partial charge in [-0.15, -0.1) is 0 Å². The minimum Gasteiger partial charge on any atom is -0.456 e. The molecule has 2 nitrogen and oxygen atoms in total. The molecule has 0 atom stereocenters. The first kappa shape index (κ1) is 15.2. The minimum absolute atomic E-state index is 0.165. The number of benzene rings is 8. The normalized spacial score (nSPS) is 16.0. The molecular weight excluding hydrogens is 558 g/mol. The summed E-state index contributed by atoms with van der Waals surface area (Å²) in [7, 11) is 0. The molecule has 46 heavy (non-hydrogen) atoms. The molecule has 0 amide bonds. The predicted octanol–water partition coefficient (Wildman–Crippen LogP) is 12.7. The van der Waals surface area contributed by atoms with Gasteiger partial charge in [-0.05, 0) is 86.8 Å². The first-order valence-electron chi connectivity index (χ1n) is 22.0. The Labute approximate surface area is 288 Å². The lowest BCUT2D eigenvalue weighted by molar-refractivity contribution is 0.669. The Morgan fingerprint density at radius 1 is 0.435 bits per heavy atom. The largest absolute Gasteiger partial charge is 0.456 e. The molecule has 0 aliphatic carbocycles. The van der Waals surface area contributed by atoms with Crippen LogP contribution >= 0.6 is 0 Å². The number of fused-ring (bicyclic) bond motifs is 5. The predicted molar refractivity (Wildman–Crippen MR) is 194 cm³/mol. The highest BCUT2D eigenvalue weighted by Crippen LogP contribution is 2.42. The van der Waals surface area contributed by atoms with E-state index >= 15 is 0 Å². The number of anilines is 3. The summed E-state index contributed by atoms with van der Waals surface area (Å²) in [4.78, 5) is 1.60. The van der Waals surface area contributed by atoms with Gasteiger partial charge in [0.15, 0.2) is 0 Å². The Balaban J connectivity index is 1.31. The number of rotatable bonds is 5. The van der Waals surface area contributed by atoms with E-state index in [9.17, 15) is 6.85 Å². The maximum Gasteiger partial charge on any atom is 0.137 e. The van der Waals surface area contributed by atoms with Gasteiger partial charge in [0, 0.05) is 33.6 Å².